The van der Waals surface area contributed by atoms with Gasteiger partial charge in [-0.15, -0.1) is 0 Å². The van der Waals surface area contributed by atoms with Gasteiger partial charge in [-0.05, 0) is 5.56 Å². The first kappa shape index (κ1) is 15.5. The standard InChI is InChI=1S/C13H17N3O4/c1-16(8-7-10(17)18)12(19)11(15-13(14)20)9-5-3-2-4-6-9/h2-6,11H,7-8H2,1H3,(H,17,18)(H3,14,15,20). The number of aliphatic carboxylic acids is 1. The number of urea groups is 1. The van der Waals surface area contributed by atoms with E-state index in [1.165, 1.54) is 11.9 Å². The van der Waals surface area contributed by atoms with Crippen LogP contribution in [0.4, 0.5) is 4.79 Å². The average molecular weight is 279 g/mol. The lowest BCUT2D eigenvalue weighted by molar-refractivity contribution is -0.138. The first-order valence-electron chi connectivity index (χ1n) is 5.99. The molecule has 1 unspecified atom stereocenters. The van der Waals surface area contributed by atoms with Crippen LogP contribution in [0.2, 0.25) is 0 Å². The van der Waals surface area contributed by atoms with E-state index in [0.717, 1.165) is 0 Å². The zero-order valence-corrected chi connectivity index (χ0v) is 11.1. The fourth-order valence-corrected chi connectivity index (χ4v) is 1.67. The SMILES string of the molecule is CN(CCC(=O)O)C(=O)C(NC(N)=O)c1ccccc1. The first-order chi connectivity index (χ1) is 9.41. The lowest BCUT2D eigenvalue weighted by atomic mass is 10.1. The second kappa shape index (κ2) is 7.13. The van der Waals surface area contributed by atoms with Crippen LogP contribution >= 0.6 is 0 Å². The molecule has 20 heavy (non-hydrogen) atoms. The molecule has 0 bridgehead atoms. The van der Waals surface area contributed by atoms with E-state index in [4.69, 9.17) is 10.8 Å². The Morgan fingerprint density at radius 3 is 2.40 bits per heavy atom. The molecule has 1 rings (SSSR count). The van der Waals surface area contributed by atoms with E-state index >= 15 is 0 Å². The van der Waals surface area contributed by atoms with Crippen LogP contribution in [0, 0.1) is 0 Å². The summed E-state index contributed by atoms with van der Waals surface area (Å²) in [4.78, 5) is 35.0. The van der Waals surface area contributed by atoms with Crippen molar-refractivity contribution in [2.45, 2.75) is 12.5 Å². The highest BCUT2D eigenvalue weighted by Crippen LogP contribution is 2.15. The van der Waals surface area contributed by atoms with E-state index < -0.39 is 23.9 Å². The van der Waals surface area contributed by atoms with Crippen molar-refractivity contribution in [1.82, 2.24) is 10.2 Å². The van der Waals surface area contributed by atoms with Crippen LogP contribution < -0.4 is 11.1 Å². The number of carbonyl (C=O) groups is 3. The van der Waals surface area contributed by atoms with E-state index in [9.17, 15) is 14.4 Å². The topological polar surface area (TPSA) is 113 Å². The number of carboxylic acids is 1. The number of primary amides is 1. The van der Waals surface area contributed by atoms with Crippen molar-refractivity contribution in [3.63, 3.8) is 0 Å². The van der Waals surface area contributed by atoms with Gasteiger partial charge in [0.25, 0.3) is 0 Å². The third-order valence-corrected chi connectivity index (χ3v) is 2.70. The largest absolute Gasteiger partial charge is 0.481 e. The summed E-state index contributed by atoms with van der Waals surface area (Å²) in [5, 5.41) is 11.0. The third kappa shape index (κ3) is 4.60. The third-order valence-electron chi connectivity index (χ3n) is 2.70. The van der Waals surface area contributed by atoms with Crippen LogP contribution in [0.1, 0.15) is 18.0 Å². The Labute approximate surface area is 116 Å². The van der Waals surface area contributed by atoms with Crippen molar-refractivity contribution < 1.29 is 19.5 Å². The molecule has 0 aromatic heterocycles. The quantitative estimate of drug-likeness (QED) is 0.696. The Hall–Kier alpha value is -2.57. The summed E-state index contributed by atoms with van der Waals surface area (Å²) in [6, 6.07) is 6.87. The van der Waals surface area contributed by atoms with Gasteiger partial charge in [-0.25, -0.2) is 4.79 Å². The minimum atomic E-state index is -0.997. The van der Waals surface area contributed by atoms with Gasteiger partial charge in [0.1, 0.15) is 6.04 Å². The van der Waals surface area contributed by atoms with Crippen molar-refractivity contribution in [2.24, 2.45) is 5.73 Å². The summed E-state index contributed by atoms with van der Waals surface area (Å²) in [6.45, 7) is 0.0535. The van der Waals surface area contributed by atoms with Gasteiger partial charge >= 0.3 is 12.0 Å². The number of carboxylic acid groups (broad SMARTS) is 1. The second-order valence-electron chi connectivity index (χ2n) is 4.26. The summed E-state index contributed by atoms with van der Waals surface area (Å²) in [6.07, 6.45) is -0.166. The van der Waals surface area contributed by atoms with Crippen LogP contribution in [0.25, 0.3) is 0 Å². The van der Waals surface area contributed by atoms with Crippen molar-refractivity contribution in [3.8, 4) is 0 Å². The zero-order valence-electron chi connectivity index (χ0n) is 11.1. The van der Waals surface area contributed by atoms with E-state index in [1.807, 2.05) is 0 Å². The van der Waals surface area contributed by atoms with E-state index in [-0.39, 0.29) is 13.0 Å². The molecule has 1 atom stereocenters. The van der Waals surface area contributed by atoms with Gasteiger partial charge in [0.2, 0.25) is 5.91 Å². The number of likely N-dealkylation sites (N-methyl/N-ethyl adjacent to an activating group) is 1. The van der Waals surface area contributed by atoms with Gasteiger partial charge in [0, 0.05) is 13.6 Å². The van der Waals surface area contributed by atoms with E-state index in [2.05, 4.69) is 5.32 Å². The molecule has 3 amide bonds. The lowest BCUT2D eigenvalue weighted by Crippen LogP contribution is -2.43. The fourth-order valence-electron chi connectivity index (χ4n) is 1.67. The number of hydrogen-bond acceptors (Lipinski definition) is 3. The van der Waals surface area contributed by atoms with Crippen LogP contribution in [-0.2, 0) is 9.59 Å². The highest BCUT2D eigenvalue weighted by Gasteiger charge is 2.25. The Kier molecular flexibility index (Phi) is 5.52. The summed E-state index contributed by atoms with van der Waals surface area (Å²) in [5.74, 6) is -1.42. The van der Waals surface area contributed by atoms with Gasteiger partial charge in [0.05, 0.1) is 6.42 Å². The van der Waals surface area contributed by atoms with Crippen molar-refractivity contribution in [2.75, 3.05) is 13.6 Å². The fraction of sp³-hybridized carbons (Fsp3) is 0.308. The van der Waals surface area contributed by atoms with E-state index in [1.54, 1.807) is 30.3 Å². The Morgan fingerprint density at radius 1 is 1.30 bits per heavy atom. The summed E-state index contributed by atoms with van der Waals surface area (Å²) < 4.78 is 0. The smallest absolute Gasteiger partial charge is 0.313 e. The average Bonchev–Trinajstić information content (AvgIpc) is 2.42. The molecule has 0 aliphatic rings. The number of nitrogens with two attached hydrogens (primary N) is 1. The van der Waals surface area contributed by atoms with Gasteiger partial charge in [-0.1, -0.05) is 30.3 Å². The summed E-state index contributed by atoms with van der Waals surface area (Å²) in [5.41, 5.74) is 5.66. The molecule has 1 aromatic carbocycles. The predicted octanol–water partition coefficient (Wildman–Crippen LogP) is 0.329. The monoisotopic (exact) mass is 279 g/mol. The molecule has 4 N–H and O–H groups in total. The predicted molar refractivity (Wildman–Crippen MR) is 71.8 cm³/mol. The van der Waals surface area contributed by atoms with Gasteiger partial charge < -0.3 is 21.1 Å². The molecule has 0 fully saturated rings. The molecule has 7 heteroatoms. The first-order valence-corrected chi connectivity index (χ1v) is 5.99. The number of amides is 3. The molecule has 7 nitrogen and oxygen atoms in total. The highest BCUT2D eigenvalue weighted by atomic mass is 16.4. The summed E-state index contributed by atoms with van der Waals surface area (Å²) >= 11 is 0. The van der Waals surface area contributed by atoms with Gasteiger partial charge in [0.15, 0.2) is 0 Å². The molecule has 0 saturated heterocycles. The molecular formula is C13H17N3O4. The van der Waals surface area contributed by atoms with Gasteiger partial charge in [-0.2, -0.15) is 0 Å². The van der Waals surface area contributed by atoms with Gasteiger partial charge in [-0.3, -0.25) is 9.59 Å². The molecule has 0 aliphatic carbocycles. The Morgan fingerprint density at radius 2 is 1.90 bits per heavy atom. The molecule has 0 radical (unpaired) electrons. The maximum Gasteiger partial charge on any atom is 0.313 e. The van der Waals surface area contributed by atoms with Crippen LogP contribution in [0.3, 0.4) is 0 Å². The van der Waals surface area contributed by atoms with Crippen molar-refractivity contribution in [3.05, 3.63) is 35.9 Å². The van der Waals surface area contributed by atoms with Crippen molar-refractivity contribution >= 4 is 17.9 Å². The Bertz CT molecular complexity index is 490. The number of nitrogens with zero attached hydrogens (tertiary/aromatic N) is 1. The van der Waals surface area contributed by atoms with Crippen LogP contribution in [0.5, 0.6) is 0 Å². The Balaban J connectivity index is 2.85. The number of nitrogens with one attached hydrogen (secondary N) is 1. The molecule has 0 spiro atoms. The second-order valence-corrected chi connectivity index (χ2v) is 4.26. The normalized spacial score (nSPS) is 11.4. The molecular weight excluding hydrogens is 262 g/mol. The van der Waals surface area contributed by atoms with Crippen molar-refractivity contribution in [1.29, 1.82) is 0 Å². The molecule has 0 saturated carbocycles. The lowest BCUT2D eigenvalue weighted by Gasteiger charge is -2.23. The number of rotatable bonds is 6. The molecule has 108 valence electrons. The molecule has 1 aromatic rings. The summed E-state index contributed by atoms with van der Waals surface area (Å²) in [7, 11) is 1.48. The zero-order chi connectivity index (χ0) is 15.1. The van der Waals surface area contributed by atoms with E-state index in [0.29, 0.717) is 5.56 Å². The minimum Gasteiger partial charge on any atom is -0.481 e. The highest BCUT2D eigenvalue weighted by molar-refractivity contribution is 5.87. The maximum atomic E-state index is 12.3. The number of carbonyl (C=O) groups excluding carboxylic acids is 2. The maximum absolute atomic E-state index is 12.3. The van der Waals surface area contributed by atoms with Crippen LogP contribution in [0.15, 0.2) is 30.3 Å². The number of benzene rings is 1. The molecule has 0 aliphatic heterocycles. The minimum absolute atomic E-state index is 0.0535. The number of hydrogen-bond donors (Lipinski definition) is 3. The molecule has 0 heterocycles. The van der Waals surface area contributed by atoms with Crippen LogP contribution in [-0.4, -0.2) is 41.5 Å².